The number of carboxylic acid groups (broad SMARTS) is 2. The Bertz CT molecular complexity index is 1340. The van der Waals surface area contributed by atoms with Crippen LogP contribution in [0.2, 0.25) is 0 Å². The number of carbonyl (C=O) groups excluding carboxylic acids is 2. The minimum atomic E-state index is -5.08. The Balaban J connectivity index is 0.000000384. The SMILES string of the molecule is C[C@H](NC(=O)[C@H]1C[C@H](c2ccccc2)CN1)C(=O)NCc1cc2ncccc2[nH]1.O=C(O)C(F)(F)F.O=C(O)C(F)(F)F. The van der Waals surface area contributed by atoms with Gasteiger partial charge in [-0.25, -0.2) is 9.59 Å². The van der Waals surface area contributed by atoms with Crippen LogP contribution in [0.4, 0.5) is 26.3 Å². The van der Waals surface area contributed by atoms with Crippen LogP contribution in [0.5, 0.6) is 0 Å². The molecule has 1 aliphatic rings. The monoisotopic (exact) mass is 619 g/mol. The van der Waals surface area contributed by atoms with Gasteiger partial charge in [0, 0.05) is 18.4 Å². The van der Waals surface area contributed by atoms with Gasteiger partial charge in [0.1, 0.15) is 6.04 Å². The molecule has 4 rings (SSSR count). The number of aliphatic carboxylic acids is 2. The van der Waals surface area contributed by atoms with Crippen LogP contribution in [0, 0.1) is 0 Å². The summed E-state index contributed by atoms with van der Waals surface area (Å²) in [5.74, 6) is -5.56. The van der Waals surface area contributed by atoms with Gasteiger partial charge in [-0.05, 0) is 43.0 Å². The van der Waals surface area contributed by atoms with Crippen molar-refractivity contribution in [1.29, 1.82) is 0 Å². The van der Waals surface area contributed by atoms with Crippen molar-refractivity contribution < 1.29 is 55.7 Å². The Labute approximate surface area is 239 Å². The number of alkyl halides is 6. The number of nitrogens with zero attached hydrogens (tertiary/aromatic N) is 1. The van der Waals surface area contributed by atoms with Crippen molar-refractivity contribution >= 4 is 34.8 Å². The number of aromatic nitrogens is 2. The standard InChI is InChI=1S/C22H25N5O2.2C2HF3O2/c1-14(21(28)25-13-17-11-19-18(27-17)8-5-9-23-19)26-22(29)20-10-16(12-24-20)15-6-3-2-4-7-15;2*3-2(4,5)1(6)7/h2-9,11,14,16,20,24,27H,10,12-13H2,1H3,(H,25,28)(H,26,29);2*(H,6,7)/t14-,16-,20+;;/m0../s1. The molecule has 1 aromatic carbocycles. The maximum atomic E-state index is 12.6. The molecule has 6 N–H and O–H groups in total. The fourth-order valence-electron chi connectivity index (χ4n) is 3.74. The Morgan fingerprint density at radius 2 is 1.56 bits per heavy atom. The lowest BCUT2D eigenvalue weighted by atomic mass is 9.96. The third-order valence-electron chi connectivity index (χ3n) is 5.85. The lowest BCUT2D eigenvalue weighted by molar-refractivity contribution is -0.193. The predicted octanol–water partition coefficient (Wildman–Crippen LogP) is 3.10. The van der Waals surface area contributed by atoms with Crippen LogP contribution in [0.3, 0.4) is 0 Å². The summed E-state index contributed by atoms with van der Waals surface area (Å²) in [6, 6.07) is 15.0. The smallest absolute Gasteiger partial charge is 0.475 e. The average Bonchev–Trinajstić information content (AvgIpc) is 3.59. The molecular formula is C26H27F6N5O6. The molecule has 3 aromatic rings. The summed E-state index contributed by atoms with van der Waals surface area (Å²) in [6.45, 7) is 2.81. The molecule has 234 valence electrons. The molecule has 0 saturated carbocycles. The fourth-order valence-corrected chi connectivity index (χ4v) is 3.74. The first kappa shape index (κ1) is 34.5. The lowest BCUT2D eigenvalue weighted by Crippen LogP contribution is -2.49. The number of halogens is 6. The van der Waals surface area contributed by atoms with E-state index in [0.717, 1.165) is 29.7 Å². The molecular weight excluding hydrogens is 592 g/mol. The molecule has 0 aliphatic carbocycles. The molecule has 11 nitrogen and oxygen atoms in total. The Morgan fingerprint density at radius 3 is 2.09 bits per heavy atom. The first-order valence-electron chi connectivity index (χ1n) is 12.4. The molecule has 1 fully saturated rings. The van der Waals surface area contributed by atoms with Crippen molar-refractivity contribution in [2.45, 2.75) is 50.2 Å². The third-order valence-corrected chi connectivity index (χ3v) is 5.85. The highest BCUT2D eigenvalue weighted by Crippen LogP contribution is 2.25. The number of rotatable bonds is 6. The van der Waals surface area contributed by atoms with Crippen molar-refractivity contribution in [2.24, 2.45) is 0 Å². The molecule has 3 atom stereocenters. The van der Waals surface area contributed by atoms with Crippen LogP contribution in [-0.2, 0) is 25.7 Å². The molecule has 0 bridgehead atoms. The molecule has 1 aliphatic heterocycles. The zero-order chi connectivity index (χ0) is 32.4. The second-order valence-electron chi connectivity index (χ2n) is 9.09. The van der Waals surface area contributed by atoms with E-state index in [4.69, 9.17) is 19.8 Å². The first-order valence-corrected chi connectivity index (χ1v) is 12.4. The average molecular weight is 620 g/mol. The highest BCUT2D eigenvalue weighted by Gasteiger charge is 2.39. The van der Waals surface area contributed by atoms with E-state index in [0.29, 0.717) is 12.5 Å². The molecule has 0 radical (unpaired) electrons. The van der Waals surface area contributed by atoms with Crippen molar-refractivity contribution in [3.8, 4) is 0 Å². The van der Waals surface area contributed by atoms with Gasteiger partial charge in [0.25, 0.3) is 0 Å². The number of benzene rings is 1. The molecule has 2 amide bonds. The van der Waals surface area contributed by atoms with Gasteiger partial charge >= 0.3 is 24.3 Å². The van der Waals surface area contributed by atoms with Crippen molar-refractivity contribution in [3.63, 3.8) is 0 Å². The number of hydrogen-bond acceptors (Lipinski definition) is 6. The van der Waals surface area contributed by atoms with E-state index in [9.17, 15) is 35.9 Å². The van der Waals surface area contributed by atoms with Gasteiger partial charge in [-0.3, -0.25) is 14.6 Å². The van der Waals surface area contributed by atoms with Crippen molar-refractivity contribution in [3.05, 3.63) is 66.0 Å². The summed E-state index contributed by atoms with van der Waals surface area (Å²) in [6.07, 6.45) is -7.71. The van der Waals surface area contributed by atoms with Gasteiger partial charge in [-0.1, -0.05) is 30.3 Å². The van der Waals surface area contributed by atoms with E-state index in [1.807, 2.05) is 36.4 Å². The number of amides is 2. The van der Waals surface area contributed by atoms with E-state index in [2.05, 4.69) is 38.1 Å². The number of pyridine rings is 1. The molecule has 3 heterocycles. The number of H-pyrrole nitrogens is 1. The predicted molar refractivity (Wildman–Crippen MR) is 139 cm³/mol. The van der Waals surface area contributed by atoms with E-state index in [1.54, 1.807) is 13.1 Å². The molecule has 0 spiro atoms. The number of aromatic amines is 1. The Kier molecular flexibility index (Phi) is 12.0. The van der Waals surface area contributed by atoms with Gasteiger partial charge in [0.15, 0.2) is 0 Å². The quantitative estimate of drug-likeness (QED) is 0.228. The summed E-state index contributed by atoms with van der Waals surface area (Å²) in [7, 11) is 0. The Hall–Kier alpha value is -4.67. The Morgan fingerprint density at radius 1 is 0.977 bits per heavy atom. The fraction of sp³-hybridized carbons (Fsp3) is 0.346. The summed E-state index contributed by atoms with van der Waals surface area (Å²) >= 11 is 0. The van der Waals surface area contributed by atoms with Gasteiger partial charge in [0.05, 0.1) is 23.6 Å². The molecule has 2 aromatic heterocycles. The lowest BCUT2D eigenvalue weighted by Gasteiger charge is -2.17. The van der Waals surface area contributed by atoms with Gasteiger partial charge in [-0.2, -0.15) is 26.3 Å². The zero-order valence-corrected chi connectivity index (χ0v) is 22.3. The number of nitrogens with one attached hydrogen (secondary N) is 4. The van der Waals surface area contributed by atoms with E-state index < -0.39 is 30.3 Å². The number of fused-ring (bicyclic) bond motifs is 1. The van der Waals surface area contributed by atoms with Gasteiger partial charge in [-0.15, -0.1) is 0 Å². The van der Waals surface area contributed by atoms with Crippen molar-refractivity contribution in [2.75, 3.05) is 6.54 Å². The number of carbonyl (C=O) groups is 4. The largest absolute Gasteiger partial charge is 0.490 e. The number of carboxylic acids is 2. The van der Waals surface area contributed by atoms with Crippen LogP contribution in [-0.4, -0.2) is 74.9 Å². The van der Waals surface area contributed by atoms with Crippen LogP contribution >= 0.6 is 0 Å². The van der Waals surface area contributed by atoms with Crippen LogP contribution < -0.4 is 16.0 Å². The molecule has 1 saturated heterocycles. The normalized spacial score (nSPS) is 17.0. The second kappa shape index (κ2) is 15.0. The maximum absolute atomic E-state index is 12.6. The van der Waals surface area contributed by atoms with Crippen molar-refractivity contribution in [1.82, 2.24) is 25.9 Å². The first-order chi connectivity index (χ1) is 20.0. The minimum absolute atomic E-state index is 0.138. The summed E-state index contributed by atoms with van der Waals surface area (Å²) in [5.41, 5.74) is 3.89. The summed E-state index contributed by atoms with van der Waals surface area (Å²) in [5, 5.41) is 23.2. The van der Waals surface area contributed by atoms with Crippen LogP contribution in [0.25, 0.3) is 11.0 Å². The minimum Gasteiger partial charge on any atom is -0.475 e. The molecule has 17 heteroatoms. The van der Waals surface area contributed by atoms with Gasteiger partial charge in [0.2, 0.25) is 11.8 Å². The number of hydrogen-bond donors (Lipinski definition) is 6. The zero-order valence-electron chi connectivity index (χ0n) is 22.3. The summed E-state index contributed by atoms with van der Waals surface area (Å²) < 4.78 is 63.5. The molecule has 43 heavy (non-hydrogen) atoms. The van der Waals surface area contributed by atoms with E-state index in [-0.39, 0.29) is 17.9 Å². The topological polar surface area (TPSA) is 174 Å². The highest BCUT2D eigenvalue weighted by molar-refractivity contribution is 5.89. The highest BCUT2D eigenvalue weighted by atomic mass is 19.4. The molecule has 0 unspecified atom stereocenters. The second-order valence-corrected chi connectivity index (χ2v) is 9.09. The maximum Gasteiger partial charge on any atom is 0.490 e. The van der Waals surface area contributed by atoms with E-state index in [1.165, 1.54) is 5.56 Å². The summed E-state index contributed by atoms with van der Waals surface area (Å²) in [4.78, 5) is 50.2. The van der Waals surface area contributed by atoms with Gasteiger partial charge < -0.3 is 31.1 Å². The van der Waals surface area contributed by atoms with Crippen LogP contribution in [0.15, 0.2) is 54.7 Å². The van der Waals surface area contributed by atoms with Crippen LogP contribution in [0.1, 0.15) is 30.5 Å². The van der Waals surface area contributed by atoms with E-state index >= 15 is 0 Å². The third kappa shape index (κ3) is 11.3.